The highest BCUT2D eigenvalue weighted by molar-refractivity contribution is 6.21. The van der Waals surface area contributed by atoms with Gasteiger partial charge in [0.05, 0.1) is 11.1 Å². The first-order valence-corrected chi connectivity index (χ1v) is 5.93. The zero-order chi connectivity index (χ0) is 15.3. The van der Waals surface area contributed by atoms with Crippen molar-refractivity contribution in [1.82, 2.24) is 4.90 Å². The maximum absolute atomic E-state index is 11.7. The fourth-order valence-electron chi connectivity index (χ4n) is 1.67. The van der Waals surface area contributed by atoms with Crippen LogP contribution >= 0.6 is 0 Å². The smallest absolute Gasteiger partial charge is 0.364 e. The Bertz CT molecular complexity index is 521. The lowest BCUT2D eigenvalue weighted by Crippen LogP contribution is -2.30. The van der Waals surface area contributed by atoms with Crippen molar-refractivity contribution in [1.29, 1.82) is 0 Å². The summed E-state index contributed by atoms with van der Waals surface area (Å²) in [4.78, 5) is 33.9. The Hall–Kier alpha value is -2.50. The molecular weight excluding hydrogens is 265 g/mol. The summed E-state index contributed by atoms with van der Waals surface area (Å²) in [7, 11) is 0. The van der Waals surface area contributed by atoms with Gasteiger partial charge in [-0.1, -0.05) is 25.6 Å². The van der Waals surface area contributed by atoms with Crippen LogP contribution in [0, 0.1) is 0 Å². The summed E-state index contributed by atoms with van der Waals surface area (Å²) in [6, 6.07) is 6.95. The molecule has 0 atom stereocenters. The van der Waals surface area contributed by atoms with Gasteiger partial charge >= 0.3 is 5.97 Å². The van der Waals surface area contributed by atoms with Gasteiger partial charge in [-0.3, -0.25) is 14.5 Å². The Kier molecular flexibility index (Phi) is 5.14. The van der Waals surface area contributed by atoms with Crippen molar-refractivity contribution < 1.29 is 23.9 Å². The van der Waals surface area contributed by atoms with Crippen LogP contribution in [0.3, 0.4) is 0 Å². The first-order chi connectivity index (χ1) is 9.40. The van der Waals surface area contributed by atoms with E-state index < -0.39 is 11.8 Å². The number of hydrogen-bond acceptors (Lipinski definition) is 3. The van der Waals surface area contributed by atoms with Gasteiger partial charge in [-0.25, -0.2) is 4.79 Å². The van der Waals surface area contributed by atoms with Gasteiger partial charge in [0.2, 0.25) is 5.83 Å². The lowest BCUT2D eigenvalue weighted by atomic mass is 10.1. The largest absolute Gasteiger partial charge is 0.476 e. The van der Waals surface area contributed by atoms with Crippen molar-refractivity contribution in [3.8, 4) is 0 Å². The minimum absolute atomic E-state index is 0.160. The Morgan fingerprint density at radius 3 is 1.95 bits per heavy atom. The number of hydrogen-bond donors (Lipinski definition) is 1. The quantitative estimate of drug-likeness (QED) is 0.680. The molecule has 1 heterocycles. The van der Waals surface area contributed by atoms with Crippen LogP contribution < -0.4 is 0 Å². The highest BCUT2D eigenvalue weighted by atomic mass is 19.1. The van der Waals surface area contributed by atoms with E-state index in [1.165, 1.54) is 4.90 Å². The van der Waals surface area contributed by atoms with E-state index in [1.54, 1.807) is 24.3 Å². The maximum atomic E-state index is 11.7. The molecule has 0 saturated carbocycles. The summed E-state index contributed by atoms with van der Waals surface area (Å²) in [5.41, 5.74) is 1.07. The van der Waals surface area contributed by atoms with Crippen molar-refractivity contribution in [2.24, 2.45) is 0 Å². The average molecular weight is 279 g/mol. The lowest BCUT2D eigenvalue weighted by molar-refractivity contribution is -0.134. The van der Waals surface area contributed by atoms with Gasteiger partial charge in [0.1, 0.15) is 0 Å². The molecule has 0 spiro atoms. The zero-order valence-electron chi connectivity index (χ0n) is 10.9. The van der Waals surface area contributed by atoms with Crippen LogP contribution in [0.15, 0.2) is 36.7 Å². The highest BCUT2D eigenvalue weighted by Gasteiger charge is 2.33. The van der Waals surface area contributed by atoms with E-state index in [0.717, 1.165) is 6.42 Å². The van der Waals surface area contributed by atoms with Crippen molar-refractivity contribution >= 4 is 17.8 Å². The molecule has 0 bridgehead atoms. The topological polar surface area (TPSA) is 74.7 Å². The summed E-state index contributed by atoms with van der Waals surface area (Å²) < 4.78 is 11.0. The Morgan fingerprint density at radius 1 is 1.25 bits per heavy atom. The second-order valence-corrected chi connectivity index (χ2v) is 4.02. The molecule has 0 aliphatic carbocycles. The SMILES string of the molecule is C=C(F)C(=O)O.CCCN1C(=O)c2ccccc2C1=O. The van der Waals surface area contributed by atoms with Gasteiger partial charge in [-0.2, -0.15) is 4.39 Å². The number of imide groups is 1. The molecule has 0 saturated heterocycles. The minimum atomic E-state index is -1.60. The molecule has 20 heavy (non-hydrogen) atoms. The number of amides is 2. The lowest BCUT2D eigenvalue weighted by Gasteiger charge is -2.11. The number of benzene rings is 1. The third-order valence-corrected chi connectivity index (χ3v) is 2.56. The summed E-state index contributed by atoms with van der Waals surface area (Å²) >= 11 is 0. The molecule has 1 aliphatic heterocycles. The third kappa shape index (κ3) is 3.28. The highest BCUT2D eigenvalue weighted by Crippen LogP contribution is 2.22. The van der Waals surface area contributed by atoms with Gasteiger partial charge in [-0.05, 0) is 18.6 Å². The monoisotopic (exact) mass is 279 g/mol. The summed E-state index contributed by atoms with van der Waals surface area (Å²) in [6.45, 7) is 4.94. The molecule has 0 aromatic heterocycles. The van der Waals surface area contributed by atoms with E-state index in [9.17, 15) is 18.8 Å². The normalized spacial score (nSPS) is 12.6. The van der Waals surface area contributed by atoms with Crippen molar-refractivity contribution in [2.45, 2.75) is 13.3 Å². The Morgan fingerprint density at radius 2 is 1.65 bits per heavy atom. The fourth-order valence-corrected chi connectivity index (χ4v) is 1.67. The zero-order valence-corrected chi connectivity index (χ0v) is 10.9. The standard InChI is InChI=1S/C11H11NO2.C3H3FO2/c1-2-7-12-10(13)8-5-3-4-6-9(8)11(12)14;1-2(4)3(5)6/h3-6H,2,7H2,1H3;1H2,(H,5,6). The van der Waals surface area contributed by atoms with Gasteiger partial charge in [0.15, 0.2) is 0 Å². The van der Waals surface area contributed by atoms with E-state index in [4.69, 9.17) is 5.11 Å². The maximum Gasteiger partial charge on any atom is 0.364 e. The van der Waals surface area contributed by atoms with Crippen LogP contribution in [0.5, 0.6) is 0 Å². The molecule has 1 aliphatic rings. The predicted octanol–water partition coefficient (Wildman–Crippen LogP) is 2.25. The molecule has 0 unspecified atom stereocenters. The average Bonchev–Trinajstić information content (AvgIpc) is 2.66. The molecular formula is C14H14FNO4. The Balaban J connectivity index is 0.000000286. The molecule has 1 N–H and O–H groups in total. The second kappa shape index (κ2) is 6.60. The Labute approximate surface area is 115 Å². The number of carbonyl (C=O) groups is 3. The van der Waals surface area contributed by atoms with Gasteiger partial charge in [0.25, 0.3) is 11.8 Å². The predicted molar refractivity (Wildman–Crippen MR) is 70.0 cm³/mol. The number of aliphatic carboxylic acids is 1. The first-order valence-electron chi connectivity index (χ1n) is 5.93. The van der Waals surface area contributed by atoms with E-state index in [2.05, 4.69) is 6.58 Å². The molecule has 2 amide bonds. The molecule has 1 aromatic carbocycles. The van der Waals surface area contributed by atoms with Gasteiger partial charge in [0, 0.05) is 6.54 Å². The fraction of sp³-hybridized carbons (Fsp3) is 0.214. The molecule has 0 radical (unpaired) electrons. The molecule has 5 nitrogen and oxygen atoms in total. The summed E-state index contributed by atoms with van der Waals surface area (Å²) in [5, 5.41) is 7.52. The molecule has 1 aromatic rings. The van der Waals surface area contributed by atoms with E-state index >= 15 is 0 Å². The van der Waals surface area contributed by atoms with Crippen molar-refractivity contribution in [2.75, 3.05) is 6.54 Å². The number of rotatable bonds is 3. The molecule has 0 fully saturated rings. The second-order valence-electron chi connectivity index (χ2n) is 4.02. The third-order valence-electron chi connectivity index (χ3n) is 2.56. The number of carbonyl (C=O) groups excluding carboxylic acids is 2. The number of fused-ring (bicyclic) bond motifs is 1. The van der Waals surface area contributed by atoms with Crippen LogP contribution in [-0.2, 0) is 4.79 Å². The van der Waals surface area contributed by atoms with Gasteiger partial charge < -0.3 is 5.11 Å². The number of nitrogens with zero attached hydrogens (tertiary/aromatic N) is 1. The molecule has 6 heteroatoms. The van der Waals surface area contributed by atoms with Crippen LogP contribution in [0.1, 0.15) is 34.1 Å². The van der Waals surface area contributed by atoms with E-state index in [0.29, 0.717) is 17.7 Å². The number of carboxylic acids is 1. The van der Waals surface area contributed by atoms with Crippen LogP contribution in [0.2, 0.25) is 0 Å². The first kappa shape index (κ1) is 15.6. The number of halogens is 1. The van der Waals surface area contributed by atoms with E-state index in [-0.39, 0.29) is 11.8 Å². The van der Waals surface area contributed by atoms with Crippen LogP contribution in [0.4, 0.5) is 4.39 Å². The van der Waals surface area contributed by atoms with Gasteiger partial charge in [-0.15, -0.1) is 0 Å². The summed E-state index contributed by atoms with van der Waals surface area (Å²) in [5.74, 6) is -3.25. The van der Waals surface area contributed by atoms with E-state index in [1.807, 2.05) is 6.92 Å². The minimum Gasteiger partial charge on any atom is -0.476 e. The molecule has 2 rings (SSSR count). The number of carboxylic acid groups (broad SMARTS) is 1. The molecule has 106 valence electrons. The van der Waals surface area contributed by atoms with Crippen molar-refractivity contribution in [3.63, 3.8) is 0 Å². The van der Waals surface area contributed by atoms with Crippen molar-refractivity contribution in [3.05, 3.63) is 47.8 Å². The summed E-state index contributed by atoms with van der Waals surface area (Å²) in [6.07, 6.45) is 0.797. The van der Waals surface area contributed by atoms with Crippen LogP contribution in [-0.4, -0.2) is 34.3 Å². The van der Waals surface area contributed by atoms with Crippen LogP contribution in [0.25, 0.3) is 0 Å².